The lowest BCUT2D eigenvalue weighted by Gasteiger charge is -2.13. The van der Waals surface area contributed by atoms with Gasteiger partial charge in [0.15, 0.2) is 17.7 Å². The van der Waals surface area contributed by atoms with Gasteiger partial charge in [-0.15, -0.1) is 0 Å². The summed E-state index contributed by atoms with van der Waals surface area (Å²) < 4.78 is 23.5. The Morgan fingerprint density at radius 3 is 2.22 bits per heavy atom. The van der Waals surface area contributed by atoms with Crippen LogP contribution in [0.2, 0.25) is 0 Å². The van der Waals surface area contributed by atoms with Crippen LogP contribution >= 0.6 is 0 Å². The predicted octanol–water partition coefficient (Wildman–Crippen LogP) is 3.57. The number of benzene rings is 2. The Hall–Kier alpha value is -2.69. The van der Waals surface area contributed by atoms with Gasteiger partial charge in [0.1, 0.15) is 0 Å². The molecule has 5 heteroatoms. The summed E-state index contributed by atoms with van der Waals surface area (Å²) in [5.74, 6) is -1.71. The van der Waals surface area contributed by atoms with Crippen molar-refractivity contribution in [1.29, 1.82) is 0 Å². The van der Waals surface area contributed by atoms with E-state index < -0.39 is 17.9 Å². The Kier molecular flexibility index (Phi) is 5.11. The van der Waals surface area contributed by atoms with Crippen LogP contribution in [0, 0.1) is 12.7 Å². The average molecular weight is 316 g/mol. The molecule has 23 heavy (non-hydrogen) atoms. The zero-order valence-electron chi connectivity index (χ0n) is 13.1. The van der Waals surface area contributed by atoms with E-state index >= 15 is 0 Å². The molecule has 0 amide bonds. The van der Waals surface area contributed by atoms with Crippen LogP contribution in [-0.2, 0) is 4.74 Å². The van der Waals surface area contributed by atoms with E-state index in [1.165, 1.54) is 26.2 Å². The average Bonchev–Trinajstić information content (AvgIpc) is 2.54. The van der Waals surface area contributed by atoms with E-state index in [0.29, 0.717) is 5.56 Å². The van der Waals surface area contributed by atoms with Crippen molar-refractivity contribution < 1.29 is 23.5 Å². The Labute approximate surface area is 133 Å². The zero-order valence-corrected chi connectivity index (χ0v) is 13.1. The first-order valence-corrected chi connectivity index (χ1v) is 7.07. The van der Waals surface area contributed by atoms with Crippen LogP contribution in [0.3, 0.4) is 0 Å². The first-order valence-electron chi connectivity index (χ1n) is 7.07. The van der Waals surface area contributed by atoms with Crippen molar-refractivity contribution in [1.82, 2.24) is 0 Å². The molecule has 0 aliphatic rings. The Morgan fingerprint density at radius 2 is 1.65 bits per heavy atom. The molecule has 0 heterocycles. The summed E-state index contributed by atoms with van der Waals surface area (Å²) in [6.07, 6.45) is -0.963. The largest absolute Gasteiger partial charge is 0.494 e. The van der Waals surface area contributed by atoms with Gasteiger partial charge >= 0.3 is 5.97 Å². The molecule has 2 aromatic carbocycles. The van der Waals surface area contributed by atoms with E-state index in [0.717, 1.165) is 11.6 Å². The topological polar surface area (TPSA) is 52.6 Å². The summed E-state index contributed by atoms with van der Waals surface area (Å²) in [6.45, 7) is 3.40. The van der Waals surface area contributed by atoms with Crippen molar-refractivity contribution in [2.24, 2.45) is 0 Å². The maximum atomic E-state index is 13.6. The number of halogens is 1. The van der Waals surface area contributed by atoms with E-state index in [1.54, 1.807) is 24.3 Å². The van der Waals surface area contributed by atoms with Gasteiger partial charge in [-0.1, -0.05) is 29.8 Å². The molecule has 1 atom stereocenters. The maximum Gasteiger partial charge on any atom is 0.338 e. The SMILES string of the molecule is COc1ccc(C(=O)O[C@@H](C)C(=O)c2ccc(C)cc2)cc1F. The van der Waals surface area contributed by atoms with Gasteiger partial charge in [-0.2, -0.15) is 0 Å². The van der Waals surface area contributed by atoms with Crippen molar-refractivity contribution >= 4 is 11.8 Å². The zero-order chi connectivity index (χ0) is 17.0. The molecule has 0 spiro atoms. The number of esters is 1. The molecule has 0 N–H and O–H groups in total. The van der Waals surface area contributed by atoms with Crippen LogP contribution in [0.1, 0.15) is 33.2 Å². The van der Waals surface area contributed by atoms with Crippen molar-refractivity contribution in [2.75, 3.05) is 7.11 Å². The highest BCUT2D eigenvalue weighted by Gasteiger charge is 2.21. The molecule has 0 radical (unpaired) electrons. The summed E-state index contributed by atoms with van der Waals surface area (Å²) in [6, 6.07) is 10.7. The number of rotatable bonds is 5. The number of Topliss-reactive ketones (excluding diaryl/α,β-unsaturated/α-hetero) is 1. The maximum absolute atomic E-state index is 13.6. The lowest BCUT2D eigenvalue weighted by atomic mass is 10.1. The van der Waals surface area contributed by atoms with Crippen LogP contribution in [0.5, 0.6) is 5.75 Å². The summed E-state index contributed by atoms with van der Waals surface area (Å²) in [5, 5.41) is 0. The number of carbonyl (C=O) groups is 2. The summed E-state index contributed by atoms with van der Waals surface area (Å²) in [5.41, 5.74) is 1.50. The lowest BCUT2D eigenvalue weighted by Crippen LogP contribution is -2.24. The standard InChI is InChI=1S/C18H17FO4/c1-11-4-6-13(7-5-11)17(20)12(2)23-18(21)14-8-9-16(22-3)15(19)10-14/h4-10,12H,1-3H3/t12-/m0/s1. The molecule has 0 aromatic heterocycles. The molecule has 0 unspecified atom stereocenters. The highest BCUT2D eigenvalue weighted by atomic mass is 19.1. The van der Waals surface area contributed by atoms with Gasteiger partial charge in [-0.25, -0.2) is 9.18 Å². The van der Waals surface area contributed by atoms with Crippen LogP contribution in [0.15, 0.2) is 42.5 Å². The minimum absolute atomic E-state index is 0.0202. The van der Waals surface area contributed by atoms with Gasteiger partial charge in [0.05, 0.1) is 12.7 Å². The van der Waals surface area contributed by atoms with E-state index in [-0.39, 0.29) is 17.1 Å². The third kappa shape index (κ3) is 3.94. The van der Waals surface area contributed by atoms with E-state index in [4.69, 9.17) is 9.47 Å². The first-order chi connectivity index (χ1) is 10.9. The second-order valence-electron chi connectivity index (χ2n) is 5.13. The van der Waals surface area contributed by atoms with Gasteiger partial charge < -0.3 is 9.47 Å². The van der Waals surface area contributed by atoms with E-state index in [9.17, 15) is 14.0 Å². The van der Waals surface area contributed by atoms with Crippen molar-refractivity contribution in [3.8, 4) is 5.75 Å². The van der Waals surface area contributed by atoms with Gasteiger partial charge in [0, 0.05) is 5.56 Å². The molecular weight excluding hydrogens is 299 g/mol. The fourth-order valence-electron chi connectivity index (χ4n) is 2.03. The number of ether oxygens (including phenoxy) is 2. The minimum atomic E-state index is -0.963. The molecular formula is C18H17FO4. The molecule has 0 aliphatic heterocycles. The van der Waals surface area contributed by atoms with Crippen molar-refractivity contribution in [2.45, 2.75) is 20.0 Å². The van der Waals surface area contributed by atoms with E-state index in [1.807, 2.05) is 6.92 Å². The van der Waals surface area contributed by atoms with Gasteiger partial charge in [0.2, 0.25) is 5.78 Å². The summed E-state index contributed by atoms with van der Waals surface area (Å²) in [4.78, 5) is 24.2. The number of ketones is 1. The first kappa shape index (κ1) is 16.7. The Morgan fingerprint density at radius 1 is 1.04 bits per heavy atom. The fourth-order valence-corrected chi connectivity index (χ4v) is 2.03. The van der Waals surface area contributed by atoms with Gasteiger partial charge in [-0.05, 0) is 32.0 Å². The predicted molar refractivity (Wildman–Crippen MR) is 83.3 cm³/mol. The van der Waals surface area contributed by atoms with Crippen LogP contribution in [0.25, 0.3) is 0 Å². The lowest BCUT2D eigenvalue weighted by molar-refractivity contribution is 0.0318. The number of hydrogen-bond acceptors (Lipinski definition) is 4. The molecule has 0 saturated heterocycles. The quantitative estimate of drug-likeness (QED) is 0.625. The Bertz CT molecular complexity index is 722. The van der Waals surface area contributed by atoms with E-state index in [2.05, 4.69) is 0 Å². The summed E-state index contributed by atoms with van der Waals surface area (Å²) >= 11 is 0. The molecule has 2 aromatic rings. The van der Waals surface area contributed by atoms with Gasteiger partial charge in [0.25, 0.3) is 0 Å². The number of carbonyl (C=O) groups excluding carboxylic acids is 2. The van der Waals surface area contributed by atoms with Gasteiger partial charge in [-0.3, -0.25) is 4.79 Å². The highest BCUT2D eigenvalue weighted by Crippen LogP contribution is 2.19. The van der Waals surface area contributed by atoms with Crippen molar-refractivity contribution in [3.05, 3.63) is 65.0 Å². The molecule has 0 aliphatic carbocycles. The second-order valence-corrected chi connectivity index (χ2v) is 5.13. The monoisotopic (exact) mass is 316 g/mol. The minimum Gasteiger partial charge on any atom is -0.494 e. The molecule has 2 rings (SSSR count). The Balaban J connectivity index is 2.08. The third-order valence-corrected chi connectivity index (χ3v) is 3.38. The van der Waals surface area contributed by atoms with Crippen LogP contribution in [-0.4, -0.2) is 25.0 Å². The molecule has 120 valence electrons. The third-order valence-electron chi connectivity index (χ3n) is 3.38. The normalized spacial score (nSPS) is 11.7. The number of aryl methyl sites for hydroxylation is 1. The van der Waals surface area contributed by atoms with Crippen molar-refractivity contribution in [3.63, 3.8) is 0 Å². The highest BCUT2D eigenvalue weighted by molar-refractivity contribution is 6.01. The summed E-state index contributed by atoms with van der Waals surface area (Å²) in [7, 11) is 1.33. The molecule has 0 bridgehead atoms. The molecule has 0 fully saturated rings. The molecule has 0 saturated carbocycles. The second kappa shape index (κ2) is 7.05. The van der Waals surface area contributed by atoms with Crippen LogP contribution in [0.4, 0.5) is 4.39 Å². The van der Waals surface area contributed by atoms with Crippen LogP contribution < -0.4 is 4.74 Å². The number of hydrogen-bond donors (Lipinski definition) is 0. The fraction of sp³-hybridized carbons (Fsp3) is 0.222. The number of methoxy groups -OCH3 is 1. The molecule has 4 nitrogen and oxygen atoms in total. The smallest absolute Gasteiger partial charge is 0.338 e.